The van der Waals surface area contributed by atoms with E-state index in [9.17, 15) is 4.79 Å². The molecule has 3 aromatic heterocycles. The van der Waals surface area contributed by atoms with E-state index in [1.165, 1.54) is 0 Å². The van der Waals surface area contributed by atoms with E-state index in [0.717, 1.165) is 72.4 Å². The molecule has 1 aromatic carbocycles. The maximum absolute atomic E-state index is 13.0. The maximum atomic E-state index is 13.0. The Labute approximate surface area is 236 Å². The lowest BCUT2D eigenvalue weighted by atomic mass is 9.78. The van der Waals surface area contributed by atoms with Crippen molar-refractivity contribution < 1.29 is 9.53 Å². The second-order valence-corrected chi connectivity index (χ2v) is 11.5. The smallest absolute Gasteiger partial charge is 0.220 e. The first-order valence-electron chi connectivity index (χ1n) is 14.3. The number of hydrogen-bond acceptors (Lipinski definition) is 6. The van der Waals surface area contributed by atoms with Crippen LogP contribution in [0.3, 0.4) is 0 Å². The normalized spacial score (nSPS) is 15.3. The molecule has 4 aromatic rings. The first-order valence-corrected chi connectivity index (χ1v) is 14.3. The summed E-state index contributed by atoms with van der Waals surface area (Å²) in [6, 6.07) is 14.3. The SMILES string of the molecule is Cn1ccnc1C(C)(C)CCNC(=O)CCC(c1cc2cc(-c3ccccn3)ccc2nc1N)C1CCOCC1. The number of anilines is 1. The zero-order chi connectivity index (χ0) is 28.1. The van der Waals surface area contributed by atoms with E-state index < -0.39 is 0 Å². The van der Waals surface area contributed by atoms with Crippen molar-refractivity contribution in [2.24, 2.45) is 13.0 Å². The first-order chi connectivity index (χ1) is 19.3. The van der Waals surface area contributed by atoms with Crippen molar-refractivity contribution in [3.05, 3.63) is 72.4 Å². The monoisotopic (exact) mass is 540 g/mol. The highest BCUT2D eigenvalue weighted by Gasteiger charge is 2.29. The summed E-state index contributed by atoms with van der Waals surface area (Å²) in [5.41, 5.74) is 10.3. The fraction of sp³-hybridized carbons (Fsp3) is 0.438. The van der Waals surface area contributed by atoms with Gasteiger partial charge in [-0.1, -0.05) is 26.0 Å². The van der Waals surface area contributed by atoms with Gasteiger partial charge in [0.1, 0.15) is 11.6 Å². The molecule has 1 amide bonds. The number of imidazole rings is 1. The summed E-state index contributed by atoms with van der Waals surface area (Å²) < 4.78 is 7.70. The minimum absolute atomic E-state index is 0.0671. The lowest BCUT2D eigenvalue weighted by Crippen LogP contribution is -2.32. The number of carbonyl (C=O) groups excluding carboxylic acids is 1. The van der Waals surface area contributed by atoms with Crippen molar-refractivity contribution in [2.75, 3.05) is 25.5 Å². The van der Waals surface area contributed by atoms with Crippen molar-refractivity contribution in [1.82, 2.24) is 24.8 Å². The van der Waals surface area contributed by atoms with Gasteiger partial charge >= 0.3 is 0 Å². The largest absolute Gasteiger partial charge is 0.383 e. The van der Waals surface area contributed by atoms with Crippen LogP contribution in [0.1, 0.15) is 63.3 Å². The highest BCUT2D eigenvalue weighted by Crippen LogP contribution is 2.39. The number of carbonyl (C=O) groups is 1. The van der Waals surface area contributed by atoms with Gasteiger partial charge in [-0.15, -0.1) is 0 Å². The molecule has 5 rings (SSSR count). The standard InChI is InChI=1S/C32H40N6O2/c1-32(2,31-36-16-17-38(31)3)13-15-35-29(39)10-8-25(22-11-18-40-19-12-22)26-21-24-20-23(27-6-4-5-14-34-27)7-9-28(24)37-30(26)33/h4-7,9,14,16-17,20-22,25H,8,10-13,15,18-19H2,1-3H3,(H2,33,37)(H,35,39). The second kappa shape index (κ2) is 12.2. The number of aromatic nitrogens is 4. The van der Waals surface area contributed by atoms with E-state index >= 15 is 0 Å². The van der Waals surface area contributed by atoms with Crippen LogP contribution in [0.15, 0.2) is 61.1 Å². The van der Waals surface area contributed by atoms with Gasteiger partial charge in [-0.3, -0.25) is 9.78 Å². The van der Waals surface area contributed by atoms with E-state index in [4.69, 9.17) is 15.5 Å². The summed E-state index contributed by atoms with van der Waals surface area (Å²) in [7, 11) is 2.01. The van der Waals surface area contributed by atoms with Gasteiger partial charge in [0.15, 0.2) is 0 Å². The molecule has 4 heterocycles. The first kappa shape index (κ1) is 27.8. The average Bonchev–Trinajstić information content (AvgIpc) is 3.41. The average molecular weight is 541 g/mol. The third kappa shape index (κ3) is 6.33. The number of amides is 1. The Morgan fingerprint density at radius 3 is 2.70 bits per heavy atom. The third-order valence-corrected chi connectivity index (χ3v) is 8.25. The molecule has 8 nitrogen and oxygen atoms in total. The van der Waals surface area contributed by atoms with Crippen LogP contribution in [-0.4, -0.2) is 45.2 Å². The number of ether oxygens (including phenoxy) is 1. The molecule has 1 unspecified atom stereocenters. The lowest BCUT2D eigenvalue weighted by Gasteiger charge is -2.31. The zero-order valence-corrected chi connectivity index (χ0v) is 23.8. The molecule has 3 N–H and O–H groups in total. The number of nitrogen functional groups attached to an aromatic ring is 1. The van der Waals surface area contributed by atoms with Gasteiger partial charge in [0.25, 0.3) is 0 Å². The molecular weight excluding hydrogens is 500 g/mol. The molecule has 0 radical (unpaired) electrons. The van der Waals surface area contributed by atoms with Crippen LogP contribution in [0.5, 0.6) is 0 Å². The molecular formula is C32H40N6O2. The molecule has 0 saturated carbocycles. The number of nitrogens with two attached hydrogens (primary N) is 1. The molecule has 1 aliphatic rings. The van der Waals surface area contributed by atoms with Crippen LogP contribution in [0, 0.1) is 5.92 Å². The number of nitrogens with zero attached hydrogens (tertiary/aromatic N) is 4. The van der Waals surface area contributed by atoms with Crippen LogP contribution in [-0.2, 0) is 22.0 Å². The van der Waals surface area contributed by atoms with Gasteiger partial charge in [0.2, 0.25) is 5.91 Å². The summed E-state index contributed by atoms with van der Waals surface area (Å²) in [5.74, 6) is 2.16. The van der Waals surface area contributed by atoms with Crippen molar-refractivity contribution in [3.8, 4) is 11.3 Å². The van der Waals surface area contributed by atoms with Gasteiger partial charge in [-0.2, -0.15) is 0 Å². The zero-order valence-electron chi connectivity index (χ0n) is 23.8. The van der Waals surface area contributed by atoms with E-state index in [-0.39, 0.29) is 17.2 Å². The molecule has 1 fully saturated rings. The molecule has 1 atom stereocenters. The number of rotatable bonds is 10. The maximum Gasteiger partial charge on any atom is 0.220 e. The number of hydrogen-bond donors (Lipinski definition) is 2. The Morgan fingerprint density at radius 1 is 1.15 bits per heavy atom. The molecule has 210 valence electrons. The lowest BCUT2D eigenvalue weighted by molar-refractivity contribution is -0.121. The minimum Gasteiger partial charge on any atom is -0.383 e. The van der Waals surface area contributed by atoms with E-state index in [1.54, 1.807) is 6.20 Å². The molecule has 0 spiro atoms. The number of fused-ring (bicyclic) bond motifs is 1. The molecule has 1 saturated heterocycles. The van der Waals surface area contributed by atoms with Gasteiger partial charge in [0.05, 0.1) is 11.2 Å². The van der Waals surface area contributed by atoms with Crippen LogP contribution < -0.4 is 11.1 Å². The summed E-state index contributed by atoms with van der Waals surface area (Å²) in [6.07, 6.45) is 9.46. The molecule has 0 aliphatic carbocycles. The van der Waals surface area contributed by atoms with E-state index in [1.807, 2.05) is 54.3 Å². The molecule has 40 heavy (non-hydrogen) atoms. The second-order valence-electron chi connectivity index (χ2n) is 11.5. The molecule has 1 aliphatic heterocycles. The summed E-state index contributed by atoms with van der Waals surface area (Å²) >= 11 is 0. The summed E-state index contributed by atoms with van der Waals surface area (Å²) in [6.45, 7) is 6.41. The van der Waals surface area contributed by atoms with Gasteiger partial charge in [-0.05, 0) is 73.4 Å². The quantitative estimate of drug-likeness (QED) is 0.279. The van der Waals surface area contributed by atoms with Crippen LogP contribution in [0.2, 0.25) is 0 Å². The Hall–Kier alpha value is -3.78. The Balaban J connectivity index is 1.31. The van der Waals surface area contributed by atoms with Gasteiger partial charge < -0.3 is 20.4 Å². The number of nitrogens with one attached hydrogen (secondary N) is 1. The fourth-order valence-corrected chi connectivity index (χ4v) is 5.98. The van der Waals surface area contributed by atoms with Gasteiger partial charge in [0, 0.05) is 68.2 Å². The predicted octanol–water partition coefficient (Wildman–Crippen LogP) is 5.39. The van der Waals surface area contributed by atoms with E-state index in [2.05, 4.69) is 41.3 Å². The van der Waals surface area contributed by atoms with Crippen molar-refractivity contribution in [3.63, 3.8) is 0 Å². The Bertz CT molecular complexity index is 1440. The molecule has 8 heteroatoms. The number of aryl methyl sites for hydroxylation is 1. The van der Waals surface area contributed by atoms with Crippen molar-refractivity contribution in [1.29, 1.82) is 0 Å². The minimum atomic E-state index is -0.129. The summed E-state index contributed by atoms with van der Waals surface area (Å²) in [4.78, 5) is 26.8. The number of pyridine rings is 2. The van der Waals surface area contributed by atoms with Crippen molar-refractivity contribution >= 4 is 22.6 Å². The van der Waals surface area contributed by atoms with Crippen LogP contribution in [0.4, 0.5) is 5.82 Å². The summed E-state index contributed by atoms with van der Waals surface area (Å²) in [5, 5.41) is 4.18. The van der Waals surface area contributed by atoms with Crippen LogP contribution in [0.25, 0.3) is 22.2 Å². The van der Waals surface area contributed by atoms with E-state index in [0.29, 0.717) is 24.7 Å². The van der Waals surface area contributed by atoms with Crippen molar-refractivity contribution in [2.45, 2.75) is 57.3 Å². The van der Waals surface area contributed by atoms with Gasteiger partial charge in [-0.25, -0.2) is 9.97 Å². The Morgan fingerprint density at radius 2 is 1.98 bits per heavy atom. The highest BCUT2D eigenvalue weighted by molar-refractivity contribution is 5.86. The topological polar surface area (TPSA) is 108 Å². The Kier molecular flexibility index (Phi) is 8.45. The predicted molar refractivity (Wildman–Crippen MR) is 159 cm³/mol. The van der Waals surface area contributed by atoms with Crippen LogP contribution >= 0.6 is 0 Å². The molecule has 0 bridgehead atoms. The number of benzene rings is 1. The fourth-order valence-electron chi connectivity index (χ4n) is 5.98. The highest BCUT2D eigenvalue weighted by atomic mass is 16.5. The third-order valence-electron chi connectivity index (χ3n) is 8.25.